The molecule has 1 aromatic heterocycles. The van der Waals surface area contributed by atoms with Crippen LogP contribution in [-0.2, 0) is 4.79 Å². The zero-order chi connectivity index (χ0) is 27.4. The Kier molecular flexibility index (Phi) is 7.79. The molecule has 0 bridgehead atoms. The molecule has 0 atom stereocenters. The molecule has 39 heavy (non-hydrogen) atoms. The van der Waals surface area contributed by atoms with E-state index in [9.17, 15) is 14.7 Å². The van der Waals surface area contributed by atoms with Crippen molar-refractivity contribution in [2.45, 2.75) is 57.5 Å². The first-order valence-corrected chi connectivity index (χ1v) is 14.1. The maximum absolute atomic E-state index is 13.5. The molecule has 3 aromatic carbocycles. The summed E-state index contributed by atoms with van der Waals surface area (Å²) in [5.74, 6) is -0.245. The molecule has 0 radical (unpaired) electrons. The Morgan fingerprint density at radius 2 is 1.56 bits per heavy atom. The molecule has 1 amide bonds. The lowest BCUT2D eigenvalue weighted by Crippen LogP contribution is -2.37. The lowest BCUT2D eigenvalue weighted by molar-refractivity contribution is -0.152. The third kappa shape index (κ3) is 6.20. The van der Waals surface area contributed by atoms with E-state index in [-0.39, 0.29) is 5.91 Å². The van der Waals surface area contributed by atoms with Gasteiger partial charge in [0, 0.05) is 11.3 Å². The largest absolute Gasteiger partial charge is 0.478 e. The number of carboxylic acids is 1. The van der Waals surface area contributed by atoms with Gasteiger partial charge < -0.3 is 15.2 Å². The summed E-state index contributed by atoms with van der Waals surface area (Å²) in [6.45, 7) is 3.01. The number of carbonyl (C=O) groups excluding carboxylic acids is 1. The fourth-order valence-corrected chi connectivity index (χ4v) is 5.92. The van der Waals surface area contributed by atoms with Crippen molar-refractivity contribution in [2.75, 3.05) is 5.32 Å². The molecule has 4 aromatic rings. The smallest absolute Gasteiger partial charge is 0.347 e. The molecule has 0 spiro atoms. The SMILES string of the molecule is CC(C)(Oc1ccc(-c2nc(C(=O)Nc3ccc(C4CCCCC4)cc3)c(-c3ccccc3)s2)cc1)C(=O)O. The molecular weight excluding hydrogens is 508 g/mol. The number of amides is 1. The molecule has 2 N–H and O–H groups in total. The van der Waals surface area contributed by atoms with Crippen molar-refractivity contribution >= 4 is 28.9 Å². The van der Waals surface area contributed by atoms with Crippen LogP contribution < -0.4 is 10.1 Å². The van der Waals surface area contributed by atoms with Crippen molar-refractivity contribution in [3.8, 4) is 26.8 Å². The van der Waals surface area contributed by atoms with Crippen molar-refractivity contribution in [3.05, 3.63) is 90.1 Å². The molecule has 1 saturated carbocycles. The van der Waals surface area contributed by atoms with Gasteiger partial charge in [-0.05, 0) is 80.1 Å². The third-order valence-electron chi connectivity index (χ3n) is 7.11. The van der Waals surface area contributed by atoms with Gasteiger partial charge in [-0.15, -0.1) is 11.3 Å². The maximum Gasteiger partial charge on any atom is 0.347 e. The van der Waals surface area contributed by atoms with E-state index < -0.39 is 11.6 Å². The number of nitrogens with zero attached hydrogens (tertiary/aromatic N) is 1. The predicted molar refractivity (Wildman–Crippen MR) is 156 cm³/mol. The highest BCUT2D eigenvalue weighted by atomic mass is 32.1. The second-order valence-electron chi connectivity index (χ2n) is 10.4. The Morgan fingerprint density at radius 1 is 0.897 bits per heavy atom. The van der Waals surface area contributed by atoms with E-state index in [1.54, 1.807) is 12.1 Å². The summed E-state index contributed by atoms with van der Waals surface area (Å²) in [5.41, 5.74) is 2.84. The molecule has 1 aliphatic carbocycles. The van der Waals surface area contributed by atoms with Crippen LogP contribution in [-0.4, -0.2) is 27.6 Å². The van der Waals surface area contributed by atoms with Gasteiger partial charge in [0.25, 0.3) is 5.91 Å². The van der Waals surface area contributed by atoms with E-state index in [1.807, 2.05) is 54.6 Å². The van der Waals surface area contributed by atoms with Crippen molar-refractivity contribution < 1.29 is 19.4 Å². The third-order valence-corrected chi connectivity index (χ3v) is 8.27. The summed E-state index contributed by atoms with van der Waals surface area (Å²) in [5, 5.41) is 13.1. The van der Waals surface area contributed by atoms with Gasteiger partial charge in [0.05, 0.1) is 4.88 Å². The van der Waals surface area contributed by atoms with E-state index in [0.717, 1.165) is 21.7 Å². The van der Waals surface area contributed by atoms with Gasteiger partial charge in [-0.25, -0.2) is 9.78 Å². The molecule has 5 rings (SSSR count). The number of thiazole rings is 1. The summed E-state index contributed by atoms with van der Waals surface area (Å²) in [6.07, 6.45) is 6.36. The number of aromatic nitrogens is 1. The summed E-state index contributed by atoms with van der Waals surface area (Å²) < 4.78 is 5.62. The molecule has 6 nitrogen and oxygen atoms in total. The topological polar surface area (TPSA) is 88.5 Å². The Morgan fingerprint density at radius 3 is 2.21 bits per heavy atom. The fourth-order valence-electron chi connectivity index (χ4n) is 4.85. The number of carboxylic acid groups (broad SMARTS) is 1. The fraction of sp³-hybridized carbons (Fsp3) is 0.281. The van der Waals surface area contributed by atoms with Crippen LogP contribution in [0.15, 0.2) is 78.9 Å². The van der Waals surface area contributed by atoms with Crippen molar-refractivity contribution in [3.63, 3.8) is 0 Å². The molecule has 1 fully saturated rings. The summed E-state index contributed by atoms with van der Waals surface area (Å²) in [4.78, 5) is 30.4. The van der Waals surface area contributed by atoms with Crippen LogP contribution >= 0.6 is 11.3 Å². The molecule has 0 aliphatic heterocycles. The van der Waals surface area contributed by atoms with Gasteiger partial charge in [-0.2, -0.15) is 0 Å². The average molecular weight is 541 g/mol. The number of aliphatic carboxylic acids is 1. The number of ether oxygens (including phenoxy) is 1. The van der Waals surface area contributed by atoms with Crippen LogP contribution in [0.4, 0.5) is 5.69 Å². The highest BCUT2D eigenvalue weighted by molar-refractivity contribution is 7.18. The Bertz CT molecular complexity index is 1440. The number of benzene rings is 3. The standard InChI is InChI=1S/C32H32N2O4S/c1-32(2,31(36)37)38-26-19-15-24(16-20-26)30-34-27(28(39-30)23-11-7-4-8-12-23)29(35)33-25-17-13-22(14-18-25)21-9-5-3-6-10-21/h4,7-8,11-21H,3,5-6,9-10H2,1-2H3,(H,33,35)(H,36,37). The van der Waals surface area contributed by atoms with E-state index in [1.165, 1.54) is 62.9 Å². The minimum absolute atomic E-state index is 0.259. The average Bonchev–Trinajstić information content (AvgIpc) is 3.40. The van der Waals surface area contributed by atoms with Gasteiger partial charge in [0.2, 0.25) is 0 Å². The number of nitrogens with one attached hydrogen (secondary N) is 1. The lowest BCUT2D eigenvalue weighted by Gasteiger charge is -2.22. The Hall–Kier alpha value is -3.97. The van der Waals surface area contributed by atoms with E-state index in [4.69, 9.17) is 9.72 Å². The maximum atomic E-state index is 13.5. The Labute approximate surface area is 232 Å². The van der Waals surface area contributed by atoms with Crippen molar-refractivity contribution in [2.24, 2.45) is 0 Å². The van der Waals surface area contributed by atoms with E-state index in [0.29, 0.717) is 22.4 Å². The minimum atomic E-state index is -1.34. The first-order valence-electron chi connectivity index (χ1n) is 13.3. The van der Waals surface area contributed by atoms with Gasteiger partial charge in [-0.3, -0.25) is 4.79 Å². The molecule has 0 saturated heterocycles. The van der Waals surface area contributed by atoms with Crippen LogP contribution in [0.2, 0.25) is 0 Å². The Balaban J connectivity index is 1.39. The summed E-state index contributed by atoms with van der Waals surface area (Å²) in [7, 11) is 0. The first kappa shape index (κ1) is 26.6. The number of carbonyl (C=O) groups is 2. The van der Waals surface area contributed by atoms with Gasteiger partial charge in [-0.1, -0.05) is 61.7 Å². The van der Waals surface area contributed by atoms with Crippen LogP contribution in [0.25, 0.3) is 21.0 Å². The number of rotatable bonds is 8. The predicted octanol–water partition coefficient (Wildman–Crippen LogP) is 8.02. The number of anilines is 1. The second kappa shape index (κ2) is 11.4. The molecule has 7 heteroatoms. The minimum Gasteiger partial charge on any atom is -0.478 e. The van der Waals surface area contributed by atoms with Crippen molar-refractivity contribution in [1.82, 2.24) is 4.98 Å². The van der Waals surface area contributed by atoms with Gasteiger partial charge >= 0.3 is 5.97 Å². The molecule has 1 heterocycles. The van der Waals surface area contributed by atoms with E-state index >= 15 is 0 Å². The molecule has 1 aliphatic rings. The van der Waals surface area contributed by atoms with Crippen LogP contribution in [0.1, 0.15) is 67.9 Å². The normalized spacial score (nSPS) is 14.1. The monoisotopic (exact) mass is 540 g/mol. The zero-order valence-corrected chi connectivity index (χ0v) is 23.0. The summed E-state index contributed by atoms with van der Waals surface area (Å²) >= 11 is 1.44. The first-order chi connectivity index (χ1) is 18.8. The van der Waals surface area contributed by atoms with Gasteiger partial charge in [0.1, 0.15) is 16.5 Å². The second-order valence-corrected chi connectivity index (χ2v) is 11.4. The van der Waals surface area contributed by atoms with Crippen LogP contribution in [0, 0.1) is 0 Å². The molecule has 0 unspecified atom stereocenters. The highest BCUT2D eigenvalue weighted by Crippen LogP contribution is 2.37. The van der Waals surface area contributed by atoms with Crippen LogP contribution in [0.5, 0.6) is 5.75 Å². The zero-order valence-electron chi connectivity index (χ0n) is 22.1. The number of hydrogen-bond acceptors (Lipinski definition) is 5. The summed E-state index contributed by atoms with van der Waals surface area (Å²) in [6, 6.07) is 25.1. The van der Waals surface area contributed by atoms with E-state index in [2.05, 4.69) is 17.4 Å². The highest BCUT2D eigenvalue weighted by Gasteiger charge is 2.29. The lowest BCUT2D eigenvalue weighted by atomic mass is 9.84. The van der Waals surface area contributed by atoms with Crippen LogP contribution in [0.3, 0.4) is 0 Å². The molecule has 200 valence electrons. The van der Waals surface area contributed by atoms with Gasteiger partial charge in [0.15, 0.2) is 5.60 Å². The molecular formula is C32H32N2O4S. The number of hydrogen-bond donors (Lipinski definition) is 2. The van der Waals surface area contributed by atoms with Crippen molar-refractivity contribution in [1.29, 1.82) is 0 Å². The quantitative estimate of drug-likeness (QED) is 0.236.